The molecule has 0 aliphatic heterocycles. The molecule has 0 aliphatic carbocycles. The van der Waals surface area contributed by atoms with Gasteiger partial charge in [-0.2, -0.15) is 0 Å². The van der Waals surface area contributed by atoms with Crippen LogP contribution in [0.2, 0.25) is 0 Å². The van der Waals surface area contributed by atoms with Gasteiger partial charge in [0.2, 0.25) is 0 Å². The van der Waals surface area contributed by atoms with Crippen LogP contribution in [0.4, 0.5) is 0 Å². The summed E-state index contributed by atoms with van der Waals surface area (Å²) in [4.78, 5) is 38.2. The van der Waals surface area contributed by atoms with Gasteiger partial charge in [-0.3, -0.25) is 14.4 Å². The summed E-state index contributed by atoms with van der Waals surface area (Å²) < 4.78 is 16.9. The SMILES string of the molecule is CCCCCCCCCCCCCCCCCCCCCCCCCCCCCCCCCCCC(=O)OCC(COC(=O)CCCCCCCCCCCCCC)OC(=O)CCCCCCCCCCCCCCC. The van der Waals surface area contributed by atoms with Gasteiger partial charge in [0.25, 0.3) is 0 Å². The van der Waals surface area contributed by atoms with E-state index in [0.29, 0.717) is 19.3 Å². The molecule has 0 radical (unpaired) electrons. The lowest BCUT2D eigenvalue weighted by molar-refractivity contribution is -0.167. The van der Waals surface area contributed by atoms with Crippen molar-refractivity contribution in [2.45, 2.75) is 419 Å². The highest BCUT2D eigenvalue weighted by atomic mass is 16.6. The van der Waals surface area contributed by atoms with Gasteiger partial charge in [0, 0.05) is 19.3 Å². The number of rotatable bonds is 66. The van der Waals surface area contributed by atoms with Gasteiger partial charge >= 0.3 is 17.9 Å². The van der Waals surface area contributed by atoms with Crippen molar-refractivity contribution in [2.24, 2.45) is 0 Å². The smallest absolute Gasteiger partial charge is 0.306 e. The summed E-state index contributed by atoms with van der Waals surface area (Å²) in [6, 6.07) is 0. The molecule has 452 valence electrons. The predicted octanol–water partition coefficient (Wildman–Crippen LogP) is 23.8. The Bertz CT molecular complexity index is 1140. The molecule has 0 bridgehead atoms. The van der Waals surface area contributed by atoms with Gasteiger partial charge < -0.3 is 14.2 Å². The van der Waals surface area contributed by atoms with E-state index in [2.05, 4.69) is 20.8 Å². The van der Waals surface area contributed by atoms with Gasteiger partial charge in [0.15, 0.2) is 6.10 Å². The molecule has 6 heteroatoms. The average molecular weight is 1070 g/mol. The number of hydrogen-bond acceptors (Lipinski definition) is 6. The molecule has 0 saturated heterocycles. The minimum atomic E-state index is -0.762. The van der Waals surface area contributed by atoms with Crippen molar-refractivity contribution in [3.63, 3.8) is 0 Å². The second-order valence-electron chi connectivity index (χ2n) is 24.2. The molecule has 0 fully saturated rings. The fourth-order valence-electron chi connectivity index (χ4n) is 11.1. The summed E-state index contributed by atoms with van der Waals surface area (Å²) >= 11 is 0. The maximum atomic E-state index is 12.9. The summed E-state index contributed by atoms with van der Waals surface area (Å²) in [5, 5.41) is 0. The van der Waals surface area contributed by atoms with E-state index in [9.17, 15) is 14.4 Å². The Morgan fingerprint density at radius 3 is 0.526 bits per heavy atom. The fraction of sp³-hybridized carbons (Fsp3) is 0.957. The topological polar surface area (TPSA) is 78.9 Å². The van der Waals surface area contributed by atoms with E-state index in [1.54, 1.807) is 0 Å². The molecule has 0 N–H and O–H groups in total. The molecule has 0 aromatic heterocycles. The Labute approximate surface area is 476 Å². The molecule has 0 aromatic rings. The van der Waals surface area contributed by atoms with Crippen molar-refractivity contribution in [1.82, 2.24) is 0 Å². The largest absolute Gasteiger partial charge is 0.462 e. The van der Waals surface area contributed by atoms with Crippen LogP contribution in [0.3, 0.4) is 0 Å². The van der Waals surface area contributed by atoms with Crippen LogP contribution < -0.4 is 0 Å². The molecule has 0 heterocycles. The summed E-state index contributed by atoms with van der Waals surface area (Å²) in [6.07, 6.45) is 77.3. The van der Waals surface area contributed by atoms with Crippen LogP contribution in [-0.2, 0) is 28.6 Å². The van der Waals surface area contributed by atoms with E-state index < -0.39 is 6.10 Å². The molecular weight excluding hydrogens is 937 g/mol. The first-order chi connectivity index (χ1) is 37.5. The van der Waals surface area contributed by atoms with Crippen molar-refractivity contribution in [1.29, 1.82) is 0 Å². The van der Waals surface area contributed by atoms with Crippen molar-refractivity contribution in [2.75, 3.05) is 13.2 Å². The zero-order valence-corrected chi connectivity index (χ0v) is 52.1. The number of unbranched alkanes of at least 4 members (excludes halogenated alkanes) is 55. The predicted molar refractivity (Wildman–Crippen MR) is 330 cm³/mol. The van der Waals surface area contributed by atoms with Crippen LogP contribution >= 0.6 is 0 Å². The minimum absolute atomic E-state index is 0.0608. The third-order valence-electron chi connectivity index (χ3n) is 16.4. The van der Waals surface area contributed by atoms with E-state index >= 15 is 0 Å². The Morgan fingerprint density at radius 2 is 0.355 bits per heavy atom. The first-order valence-electron chi connectivity index (χ1n) is 35.0. The number of carbonyl (C=O) groups is 3. The highest BCUT2D eigenvalue weighted by Crippen LogP contribution is 2.19. The van der Waals surface area contributed by atoms with Crippen LogP contribution in [-0.4, -0.2) is 37.2 Å². The van der Waals surface area contributed by atoms with Gasteiger partial charge in [0.05, 0.1) is 0 Å². The molecule has 0 spiro atoms. The van der Waals surface area contributed by atoms with E-state index in [1.807, 2.05) is 0 Å². The number of esters is 3. The molecule has 1 unspecified atom stereocenters. The monoisotopic (exact) mass is 1070 g/mol. The van der Waals surface area contributed by atoms with E-state index in [-0.39, 0.29) is 31.1 Å². The standard InChI is InChI=1S/C70H136O6/c1-4-7-10-13-16-19-22-25-26-27-28-29-30-31-32-33-34-35-36-37-38-39-40-41-42-43-44-46-48-51-54-57-60-63-69(72)75-66-67(65-74-68(71)62-59-56-53-50-47-24-21-18-15-12-9-6-3)76-70(73)64-61-58-55-52-49-45-23-20-17-14-11-8-5-2/h67H,4-66H2,1-3H3. The van der Waals surface area contributed by atoms with Gasteiger partial charge in [0.1, 0.15) is 13.2 Å². The van der Waals surface area contributed by atoms with Gasteiger partial charge in [-0.1, -0.05) is 374 Å². The number of ether oxygens (including phenoxy) is 3. The van der Waals surface area contributed by atoms with E-state index in [1.165, 1.54) is 315 Å². The zero-order chi connectivity index (χ0) is 55.0. The molecule has 6 nitrogen and oxygen atoms in total. The van der Waals surface area contributed by atoms with Crippen LogP contribution in [0, 0.1) is 0 Å². The van der Waals surface area contributed by atoms with Crippen LogP contribution in [0.25, 0.3) is 0 Å². The van der Waals surface area contributed by atoms with E-state index in [4.69, 9.17) is 14.2 Å². The van der Waals surface area contributed by atoms with Crippen LogP contribution in [0.1, 0.15) is 412 Å². The fourth-order valence-corrected chi connectivity index (χ4v) is 11.1. The first-order valence-corrected chi connectivity index (χ1v) is 35.0. The second kappa shape index (κ2) is 65.9. The molecular formula is C70H136O6. The molecule has 0 rings (SSSR count). The molecule has 76 heavy (non-hydrogen) atoms. The Balaban J connectivity index is 3.98. The molecule has 0 aromatic carbocycles. The third kappa shape index (κ3) is 63.2. The van der Waals surface area contributed by atoms with Crippen molar-refractivity contribution in [3.05, 3.63) is 0 Å². The van der Waals surface area contributed by atoms with E-state index in [0.717, 1.165) is 57.8 Å². The molecule has 0 saturated carbocycles. The second-order valence-corrected chi connectivity index (χ2v) is 24.2. The highest BCUT2D eigenvalue weighted by molar-refractivity contribution is 5.71. The summed E-state index contributed by atoms with van der Waals surface area (Å²) in [5.41, 5.74) is 0. The normalized spacial score (nSPS) is 11.9. The third-order valence-corrected chi connectivity index (χ3v) is 16.4. The number of hydrogen-bond donors (Lipinski definition) is 0. The average Bonchev–Trinajstić information content (AvgIpc) is 3.42. The lowest BCUT2D eigenvalue weighted by atomic mass is 10.0. The Kier molecular flexibility index (Phi) is 64.5. The lowest BCUT2D eigenvalue weighted by Crippen LogP contribution is -2.30. The quantitative estimate of drug-likeness (QED) is 0.0343. The molecule has 0 aliphatic rings. The van der Waals surface area contributed by atoms with Gasteiger partial charge in [-0.25, -0.2) is 0 Å². The lowest BCUT2D eigenvalue weighted by Gasteiger charge is -2.18. The molecule has 0 amide bonds. The summed E-state index contributed by atoms with van der Waals surface area (Å²) in [7, 11) is 0. The molecule has 1 atom stereocenters. The van der Waals surface area contributed by atoms with Gasteiger partial charge in [-0.05, 0) is 19.3 Å². The van der Waals surface area contributed by atoms with Crippen LogP contribution in [0.5, 0.6) is 0 Å². The minimum Gasteiger partial charge on any atom is -0.462 e. The summed E-state index contributed by atoms with van der Waals surface area (Å²) in [6.45, 7) is 6.72. The van der Waals surface area contributed by atoms with Crippen molar-refractivity contribution in [3.8, 4) is 0 Å². The van der Waals surface area contributed by atoms with Crippen molar-refractivity contribution >= 4 is 17.9 Å². The van der Waals surface area contributed by atoms with Crippen LogP contribution in [0.15, 0.2) is 0 Å². The highest BCUT2D eigenvalue weighted by Gasteiger charge is 2.19. The maximum Gasteiger partial charge on any atom is 0.306 e. The summed E-state index contributed by atoms with van der Waals surface area (Å²) in [5.74, 6) is -0.828. The Morgan fingerprint density at radius 1 is 0.211 bits per heavy atom. The number of carbonyl (C=O) groups excluding carboxylic acids is 3. The van der Waals surface area contributed by atoms with Gasteiger partial charge in [-0.15, -0.1) is 0 Å². The van der Waals surface area contributed by atoms with Crippen molar-refractivity contribution < 1.29 is 28.6 Å². The Hall–Kier alpha value is -1.59. The maximum absolute atomic E-state index is 12.9. The zero-order valence-electron chi connectivity index (χ0n) is 52.1. The first kappa shape index (κ1) is 74.4.